The minimum atomic E-state index is -2.32. The lowest BCUT2D eigenvalue weighted by Crippen LogP contribution is -2.63. The number of amides is 20. The van der Waals surface area contributed by atoms with Crippen LogP contribution in [0.4, 0.5) is 0 Å². The van der Waals surface area contributed by atoms with Gasteiger partial charge in [-0.3, -0.25) is 115 Å². The Balaban J connectivity index is 1.44. The third-order valence-electron chi connectivity index (χ3n) is 22.9. The number of carbonyl (C=O) groups excluding carboxylic acids is 20. The summed E-state index contributed by atoms with van der Waals surface area (Å²) >= 11 is 0. The van der Waals surface area contributed by atoms with Gasteiger partial charge in [-0.25, -0.2) is 0 Å². The number of aliphatic carboxylic acids is 4. The molecule has 1 aliphatic rings. The van der Waals surface area contributed by atoms with Crippen LogP contribution >= 0.6 is 0 Å². The number of nitrogens with zero attached hydrogens (tertiary/aromatic N) is 1. The predicted molar refractivity (Wildman–Crippen MR) is 508 cm³/mol. The Kier molecular flexibility index (Phi) is 49.4. The summed E-state index contributed by atoms with van der Waals surface area (Å²) in [5.74, 6) is -33.5. The number of nitrogens with two attached hydrogens (primary N) is 6. The molecule has 36 N–H and O–H groups in total. The van der Waals surface area contributed by atoms with Crippen molar-refractivity contribution in [3.05, 3.63) is 125 Å². The highest BCUT2D eigenvalue weighted by Gasteiger charge is 2.44. The maximum Gasteiger partial charge on any atom is 0.322 e. The number of phenolic OH excluding ortho intramolecular Hbond substituents is 3. The number of primary amides is 4. The molecule has 55 heteroatoms. The van der Waals surface area contributed by atoms with Crippen LogP contribution < -0.4 is 114 Å². The van der Waals surface area contributed by atoms with Crippen molar-refractivity contribution >= 4 is 142 Å². The number of hydrogen-bond acceptors (Lipinski definition) is 31. The second-order valence-electron chi connectivity index (χ2n) is 34.7. The highest BCUT2D eigenvalue weighted by atomic mass is 16.4. The van der Waals surface area contributed by atoms with E-state index in [1.165, 1.54) is 43.3 Å². The van der Waals surface area contributed by atoms with Gasteiger partial charge in [0.2, 0.25) is 118 Å². The molecule has 0 aromatic heterocycles. The number of benzene rings is 4. The molecule has 0 radical (unpaired) electrons. The highest BCUT2D eigenvalue weighted by Crippen LogP contribution is 2.23. The number of carbonyl (C=O) groups is 24. The van der Waals surface area contributed by atoms with Crippen LogP contribution in [0.1, 0.15) is 139 Å². The van der Waals surface area contributed by atoms with Crippen molar-refractivity contribution in [2.24, 2.45) is 40.3 Å². The van der Waals surface area contributed by atoms with Gasteiger partial charge in [0.1, 0.15) is 114 Å². The van der Waals surface area contributed by atoms with E-state index >= 15 is 9.59 Å². The fourth-order valence-corrected chi connectivity index (χ4v) is 14.9. The number of unbranched alkanes of at least 4 members (excludes halogenated alkanes) is 1. The fourth-order valence-electron chi connectivity index (χ4n) is 14.9. The number of likely N-dealkylation sites (tertiary alicyclic amines) is 1. The molecule has 1 aliphatic heterocycles. The Morgan fingerprint density at radius 3 is 1.09 bits per heavy atom. The second kappa shape index (κ2) is 60.1. The highest BCUT2D eigenvalue weighted by molar-refractivity contribution is 6.04. The van der Waals surface area contributed by atoms with E-state index in [1.807, 2.05) is 10.6 Å². The number of carboxylic acids is 4. The molecule has 0 bridgehead atoms. The molecule has 0 spiro atoms. The third kappa shape index (κ3) is 42.1. The maximum absolute atomic E-state index is 15.2. The maximum atomic E-state index is 15.2. The molecule has 4 aromatic carbocycles. The number of aliphatic hydroxyl groups excluding tert-OH is 2. The number of carboxylic acid groups (broad SMARTS) is 4. The lowest BCUT2D eigenvalue weighted by atomic mass is 9.97. The van der Waals surface area contributed by atoms with Crippen LogP contribution in [-0.2, 0) is 141 Å². The summed E-state index contributed by atoms with van der Waals surface area (Å²) in [6.07, 6.45) is -11.8. The SMILES string of the molecule is CC[C@H](C)[C@H](NC(=O)[C@@H](N)CCC(=O)O)C(=O)N[C@@H](CC(=O)O)C(=O)N1CCC[C@H]1C(=O)N[C@@H](CO)C(=O)N[C@@H](CC(=O)O)C(=O)N[C@@H](CC(N)=O)C(=O)N[C@@H](Cc1ccc(O)cc1)C(=O)N[C@H](C(=O)N[C@@H](Cc1ccc(O)cc1)C(=O)N[C@@H](Cc1ccc(O)cc1)C(=O)N[C@@H](CC(N)=O)C(=O)N[C@@H](CCC(N)=O)C(=O)N[C@@H](CC(N)=O)C(=O)N[C@@H](Cc1ccccc1)C(=O)N[C@@H](CCCCN)C(=O)NCC(=O)O)[C@@H](C)O. The van der Waals surface area contributed by atoms with E-state index < -0.39 is 334 Å². The van der Waals surface area contributed by atoms with Gasteiger partial charge in [0.25, 0.3) is 0 Å². The summed E-state index contributed by atoms with van der Waals surface area (Å²) in [6.45, 7) is 1.82. The third-order valence-corrected chi connectivity index (χ3v) is 22.9. The van der Waals surface area contributed by atoms with Crippen molar-refractivity contribution in [2.75, 3.05) is 26.2 Å². The number of hydrogen-bond donors (Lipinski definition) is 30. The molecule has 5 rings (SSSR count). The molecule has 4 aromatic rings. The number of aliphatic hydroxyl groups is 2. The van der Waals surface area contributed by atoms with Gasteiger partial charge in [0.15, 0.2) is 0 Å². The van der Waals surface area contributed by atoms with Crippen LogP contribution in [0.3, 0.4) is 0 Å². The van der Waals surface area contributed by atoms with E-state index in [-0.39, 0.29) is 92.0 Å². The van der Waals surface area contributed by atoms with E-state index in [0.717, 1.165) is 48.2 Å². The van der Waals surface area contributed by atoms with Crippen LogP contribution in [0.25, 0.3) is 0 Å². The average Bonchev–Trinajstić information content (AvgIpc) is 1.71. The zero-order valence-electron chi connectivity index (χ0n) is 80.2. The van der Waals surface area contributed by atoms with Gasteiger partial charge in [-0.15, -0.1) is 0 Å². The quantitative estimate of drug-likeness (QED) is 0.0183. The van der Waals surface area contributed by atoms with E-state index in [9.17, 15) is 146 Å². The molecule has 18 atom stereocenters. The van der Waals surface area contributed by atoms with Gasteiger partial charge in [-0.05, 0) is 123 Å². The Morgan fingerprint density at radius 2 is 0.707 bits per heavy atom. The predicted octanol–water partition coefficient (Wildman–Crippen LogP) is -10.4. The summed E-state index contributed by atoms with van der Waals surface area (Å²) in [5, 5.41) is 125. The van der Waals surface area contributed by atoms with Gasteiger partial charge in [0.05, 0.1) is 50.9 Å². The van der Waals surface area contributed by atoms with Gasteiger partial charge < -0.3 is 165 Å². The van der Waals surface area contributed by atoms with Gasteiger partial charge in [-0.1, -0.05) is 87.0 Å². The van der Waals surface area contributed by atoms with E-state index in [0.29, 0.717) is 12.0 Å². The molecule has 0 saturated carbocycles. The first-order valence-electron chi connectivity index (χ1n) is 46.3. The Hall–Kier alpha value is -16.6. The summed E-state index contributed by atoms with van der Waals surface area (Å²) in [7, 11) is 0. The number of aromatic hydroxyl groups is 3. The molecular weight excluding hydrogens is 1940 g/mol. The molecule has 1 fully saturated rings. The summed E-state index contributed by atoms with van der Waals surface area (Å²) in [5.41, 5.74) is 34.5. The van der Waals surface area contributed by atoms with E-state index in [1.54, 1.807) is 37.3 Å². The molecular formula is C92H126N22O33. The zero-order chi connectivity index (χ0) is 110. The standard InChI is InChI=1S/C92H126N22O33/c1-4-44(2)75(112-77(132)53(94)27-30-71(124)125)90(145)110-64(41-73(128)129)92(147)114-32-10-14-66(114)89(144)111-65(43-115)88(143)108-63(40-72(126)127)86(141)107-62(39-70(98)123)85(140)104-59(36-49-19-25-52(119)26-20-49)87(142)113-76(45(3)116)91(146)109-58(35-48-17-23-51(118)24-18-48)82(137)102-57(34-47-15-21-50(117)22-16-47)81(136)106-60(37-68(96)121)83(138)101-55(28-29-67(95)120)79(134)105-61(38-69(97)122)84(139)103-56(33-46-11-6-5-7-12-46)80(135)100-54(13-8-9-31-93)78(133)99-42-74(130)131/h5-7,11-12,15-26,44-45,53-66,75-76,115-119H,4,8-10,13-14,27-43,93-94H2,1-3H3,(H2,95,120)(H2,96,121)(H2,97,122)(H2,98,123)(H,99,133)(H,100,135)(H,101,138)(H,102,137)(H,103,139)(H,104,140)(H,105,134)(H,106,136)(H,107,141)(H,108,143)(H,109,146)(H,110,145)(H,111,144)(H,112,132)(H,113,142)(H,124,125)(H,126,127)(H,128,129)(H,130,131)/t44-,45+,53-,54-,55-,56-,57-,58-,59-,60-,61-,62-,63-,64-,65-,66-,75-,76-/m0/s1. The molecule has 1 saturated heterocycles. The first kappa shape index (κ1) is 121. The minimum Gasteiger partial charge on any atom is -0.508 e. The molecule has 55 nitrogen and oxygen atoms in total. The summed E-state index contributed by atoms with van der Waals surface area (Å²) in [6, 6.07) is -8.38. The molecule has 802 valence electrons. The van der Waals surface area contributed by atoms with E-state index in [4.69, 9.17) is 39.5 Å². The number of rotatable bonds is 64. The van der Waals surface area contributed by atoms with Crippen LogP contribution in [0.2, 0.25) is 0 Å². The van der Waals surface area contributed by atoms with Crippen molar-refractivity contribution < 1.29 is 161 Å². The smallest absolute Gasteiger partial charge is 0.322 e. The van der Waals surface area contributed by atoms with Crippen molar-refractivity contribution in [3.63, 3.8) is 0 Å². The zero-order valence-corrected chi connectivity index (χ0v) is 80.2. The van der Waals surface area contributed by atoms with Crippen LogP contribution in [0.5, 0.6) is 17.2 Å². The van der Waals surface area contributed by atoms with Gasteiger partial charge >= 0.3 is 23.9 Å². The molecule has 0 aliphatic carbocycles. The minimum absolute atomic E-state index is 0.0365. The lowest BCUT2D eigenvalue weighted by Gasteiger charge is -2.31. The second-order valence-corrected chi connectivity index (χ2v) is 34.7. The van der Waals surface area contributed by atoms with Crippen molar-refractivity contribution in [1.82, 2.24) is 84.7 Å². The van der Waals surface area contributed by atoms with E-state index in [2.05, 4.69) is 69.1 Å². The van der Waals surface area contributed by atoms with Crippen LogP contribution in [0.15, 0.2) is 103 Å². The normalized spacial score (nSPS) is 15.5. The van der Waals surface area contributed by atoms with Crippen LogP contribution in [0, 0.1) is 5.92 Å². The Labute approximate surface area is 838 Å². The Morgan fingerprint density at radius 1 is 0.361 bits per heavy atom. The molecule has 0 unspecified atom stereocenters. The monoisotopic (exact) mass is 2070 g/mol. The molecule has 147 heavy (non-hydrogen) atoms. The summed E-state index contributed by atoms with van der Waals surface area (Å²) < 4.78 is 0. The summed E-state index contributed by atoms with van der Waals surface area (Å²) in [4.78, 5) is 328. The topological polar surface area (TPSA) is 932 Å². The lowest BCUT2D eigenvalue weighted by molar-refractivity contribution is -0.146. The molecule has 1 heterocycles. The van der Waals surface area contributed by atoms with Crippen molar-refractivity contribution in [3.8, 4) is 17.2 Å². The first-order chi connectivity index (χ1) is 69.3. The number of nitrogens with one attached hydrogen (secondary N) is 15. The van der Waals surface area contributed by atoms with Gasteiger partial charge in [0, 0.05) is 45.1 Å². The first-order valence-corrected chi connectivity index (χ1v) is 46.3. The largest absolute Gasteiger partial charge is 0.508 e. The molecule has 20 amide bonds. The fraction of sp³-hybridized carbons (Fsp3) is 0.478. The average molecular weight is 2070 g/mol. The van der Waals surface area contributed by atoms with Crippen molar-refractivity contribution in [1.29, 1.82) is 0 Å². The van der Waals surface area contributed by atoms with Crippen LogP contribution in [-0.4, -0.2) is 322 Å². The number of phenols is 3. The Bertz CT molecular complexity index is 5350. The van der Waals surface area contributed by atoms with Crippen molar-refractivity contribution in [2.45, 2.75) is 246 Å². The van der Waals surface area contributed by atoms with Gasteiger partial charge in [-0.2, -0.15) is 0 Å².